The zero-order chi connectivity index (χ0) is 14.9. The minimum Gasteiger partial charge on any atom is -0.491 e. The van der Waals surface area contributed by atoms with Gasteiger partial charge in [-0.2, -0.15) is 5.10 Å². The molecule has 0 bridgehead atoms. The van der Waals surface area contributed by atoms with Crippen molar-refractivity contribution in [3.63, 3.8) is 0 Å². The third kappa shape index (κ3) is 2.66. The molecule has 2 rings (SSSR count). The van der Waals surface area contributed by atoms with Crippen LogP contribution in [0.1, 0.15) is 35.5 Å². The highest BCUT2D eigenvalue weighted by molar-refractivity contribution is 5.88. The van der Waals surface area contributed by atoms with Crippen LogP contribution in [0.2, 0.25) is 0 Å². The largest absolute Gasteiger partial charge is 0.491 e. The number of carboxylic acid groups (broad SMARTS) is 1. The number of hydrogen-bond acceptors (Lipinski definition) is 3. The van der Waals surface area contributed by atoms with E-state index in [4.69, 9.17) is 9.84 Å². The summed E-state index contributed by atoms with van der Waals surface area (Å²) >= 11 is 0. The van der Waals surface area contributed by atoms with Gasteiger partial charge >= 0.3 is 5.97 Å². The molecule has 0 atom stereocenters. The van der Waals surface area contributed by atoms with Gasteiger partial charge in [-0.1, -0.05) is 0 Å². The number of aromatic carboxylic acids is 1. The first-order chi connectivity index (χ1) is 9.40. The molecule has 0 spiro atoms. The van der Waals surface area contributed by atoms with E-state index >= 15 is 0 Å². The van der Waals surface area contributed by atoms with E-state index in [-0.39, 0.29) is 11.7 Å². The summed E-state index contributed by atoms with van der Waals surface area (Å²) in [5.41, 5.74) is 2.63. The molecule has 0 aliphatic carbocycles. The van der Waals surface area contributed by atoms with Crippen molar-refractivity contribution in [2.45, 2.75) is 33.8 Å². The number of carboxylic acids is 1. The number of nitrogens with zero attached hydrogens (tertiary/aromatic N) is 2. The molecule has 0 aliphatic heterocycles. The molecule has 0 aliphatic rings. The summed E-state index contributed by atoms with van der Waals surface area (Å²) in [6, 6.07) is 5.69. The molecule has 5 nitrogen and oxygen atoms in total. The van der Waals surface area contributed by atoms with Crippen LogP contribution in [0.3, 0.4) is 0 Å². The average Bonchev–Trinajstić information content (AvgIpc) is 2.73. The van der Waals surface area contributed by atoms with E-state index in [1.165, 1.54) is 6.20 Å². The Morgan fingerprint density at radius 2 is 2.05 bits per heavy atom. The summed E-state index contributed by atoms with van der Waals surface area (Å²) in [7, 11) is 0. The Kier molecular flexibility index (Phi) is 3.79. The normalized spacial score (nSPS) is 10.8. The average molecular weight is 274 g/mol. The molecule has 0 unspecified atom stereocenters. The highest BCUT2D eigenvalue weighted by Gasteiger charge is 2.14. The summed E-state index contributed by atoms with van der Waals surface area (Å²) in [6.45, 7) is 7.65. The van der Waals surface area contributed by atoms with Crippen molar-refractivity contribution in [1.29, 1.82) is 0 Å². The Bertz CT molecular complexity index is 645. The van der Waals surface area contributed by atoms with Gasteiger partial charge in [0.1, 0.15) is 11.3 Å². The topological polar surface area (TPSA) is 64.4 Å². The fourth-order valence-electron chi connectivity index (χ4n) is 2.03. The van der Waals surface area contributed by atoms with Gasteiger partial charge in [-0.15, -0.1) is 0 Å². The third-order valence-electron chi connectivity index (χ3n) is 3.01. The van der Waals surface area contributed by atoms with E-state index in [0.717, 1.165) is 17.0 Å². The first kappa shape index (κ1) is 14.1. The number of carbonyl (C=O) groups is 1. The van der Waals surface area contributed by atoms with Crippen LogP contribution in [0.15, 0.2) is 24.4 Å². The molecule has 0 radical (unpaired) electrons. The van der Waals surface area contributed by atoms with Gasteiger partial charge in [-0.25, -0.2) is 9.48 Å². The van der Waals surface area contributed by atoms with Gasteiger partial charge < -0.3 is 9.84 Å². The predicted molar refractivity (Wildman–Crippen MR) is 75.8 cm³/mol. The van der Waals surface area contributed by atoms with E-state index in [1.807, 2.05) is 39.0 Å². The number of aryl methyl sites for hydroxylation is 1. The molecule has 0 saturated heterocycles. The summed E-state index contributed by atoms with van der Waals surface area (Å²) in [5, 5.41) is 13.2. The van der Waals surface area contributed by atoms with E-state index in [9.17, 15) is 4.79 Å². The Morgan fingerprint density at radius 1 is 1.35 bits per heavy atom. The van der Waals surface area contributed by atoms with Crippen LogP contribution in [-0.2, 0) is 0 Å². The Balaban J connectivity index is 2.39. The number of rotatable bonds is 4. The lowest BCUT2D eigenvalue weighted by molar-refractivity contribution is 0.0696. The maximum Gasteiger partial charge on any atom is 0.339 e. The molecule has 1 heterocycles. The van der Waals surface area contributed by atoms with Gasteiger partial charge in [0.25, 0.3) is 0 Å². The van der Waals surface area contributed by atoms with Crippen LogP contribution in [0.5, 0.6) is 5.75 Å². The van der Waals surface area contributed by atoms with Gasteiger partial charge in [0.05, 0.1) is 23.7 Å². The summed E-state index contributed by atoms with van der Waals surface area (Å²) < 4.78 is 7.31. The number of aromatic nitrogens is 2. The van der Waals surface area contributed by atoms with Crippen LogP contribution in [0.25, 0.3) is 5.69 Å². The Morgan fingerprint density at radius 3 is 2.55 bits per heavy atom. The van der Waals surface area contributed by atoms with Crippen molar-refractivity contribution in [2.75, 3.05) is 0 Å². The lowest BCUT2D eigenvalue weighted by atomic mass is 10.2. The smallest absolute Gasteiger partial charge is 0.339 e. The van der Waals surface area contributed by atoms with E-state index in [1.54, 1.807) is 11.6 Å². The van der Waals surface area contributed by atoms with Crippen LogP contribution < -0.4 is 4.74 Å². The molecular weight excluding hydrogens is 256 g/mol. The van der Waals surface area contributed by atoms with Crippen molar-refractivity contribution in [3.8, 4) is 11.4 Å². The maximum absolute atomic E-state index is 11.0. The van der Waals surface area contributed by atoms with Crippen molar-refractivity contribution in [1.82, 2.24) is 9.78 Å². The maximum atomic E-state index is 11.0. The molecule has 1 aromatic heterocycles. The first-order valence-electron chi connectivity index (χ1n) is 6.45. The van der Waals surface area contributed by atoms with Gasteiger partial charge in [0.2, 0.25) is 0 Å². The molecule has 0 saturated carbocycles. The van der Waals surface area contributed by atoms with Crippen molar-refractivity contribution >= 4 is 5.97 Å². The molecule has 5 heteroatoms. The van der Waals surface area contributed by atoms with Crippen molar-refractivity contribution < 1.29 is 14.6 Å². The summed E-state index contributed by atoms with van der Waals surface area (Å²) in [5.74, 6) is -0.141. The first-order valence-corrected chi connectivity index (χ1v) is 6.45. The monoisotopic (exact) mass is 274 g/mol. The van der Waals surface area contributed by atoms with Gasteiger partial charge in [0.15, 0.2) is 0 Å². The van der Waals surface area contributed by atoms with Crippen molar-refractivity contribution in [3.05, 3.63) is 41.2 Å². The molecule has 0 fully saturated rings. The molecule has 106 valence electrons. The van der Waals surface area contributed by atoms with Gasteiger partial charge in [0, 0.05) is 0 Å². The van der Waals surface area contributed by atoms with E-state index < -0.39 is 5.97 Å². The highest BCUT2D eigenvalue weighted by atomic mass is 16.5. The fourth-order valence-corrected chi connectivity index (χ4v) is 2.03. The minimum absolute atomic E-state index is 0.115. The SMILES string of the molecule is Cc1cc(-n2ncc(C(=O)O)c2C)ccc1OC(C)C. The number of ether oxygens (including phenoxy) is 1. The molecular formula is C15H18N2O3. The molecule has 1 N–H and O–H groups in total. The Labute approximate surface area is 117 Å². The minimum atomic E-state index is -0.967. The van der Waals surface area contributed by atoms with Crippen LogP contribution in [-0.4, -0.2) is 27.0 Å². The third-order valence-corrected chi connectivity index (χ3v) is 3.01. The molecule has 0 amide bonds. The van der Waals surface area contributed by atoms with E-state index in [2.05, 4.69) is 5.10 Å². The van der Waals surface area contributed by atoms with Crippen molar-refractivity contribution in [2.24, 2.45) is 0 Å². The van der Waals surface area contributed by atoms with Crippen LogP contribution in [0, 0.1) is 13.8 Å². The second-order valence-electron chi connectivity index (χ2n) is 4.98. The fraction of sp³-hybridized carbons (Fsp3) is 0.333. The lowest BCUT2D eigenvalue weighted by Gasteiger charge is -2.14. The number of hydrogen-bond donors (Lipinski definition) is 1. The zero-order valence-corrected chi connectivity index (χ0v) is 12.0. The Hall–Kier alpha value is -2.30. The summed E-state index contributed by atoms with van der Waals surface area (Å²) in [4.78, 5) is 11.0. The second-order valence-corrected chi connectivity index (χ2v) is 4.98. The zero-order valence-electron chi connectivity index (χ0n) is 12.0. The van der Waals surface area contributed by atoms with Gasteiger partial charge in [-0.3, -0.25) is 0 Å². The van der Waals surface area contributed by atoms with Crippen LogP contribution >= 0.6 is 0 Å². The van der Waals surface area contributed by atoms with E-state index in [0.29, 0.717) is 5.69 Å². The number of benzene rings is 1. The second kappa shape index (κ2) is 5.36. The van der Waals surface area contributed by atoms with Gasteiger partial charge in [-0.05, 0) is 51.5 Å². The standard InChI is InChI=1S/C15H18N2O3/c1-9(2)20-14-6-5-12(7-10(14)3)17-11(4)13(8-16-17)15(18)19/h5-9H,1-4H3,(H,18,19). The highest BCUT2D eigenvalue weighted by Crippen LogP contribution is 2.23. The summed E-state index contributed by atoms with van der Waals surface area (Å²) in [6.07, 6.45) is 1.48. The molecule has 20 heavy (non-hydrogen) atoms. The lowest BCUT2D eigenvalue weighted by Crippen LogP contribution is -2.07. The predicted octanol–water partition coefficient (Wildman–Crippen LogP) is 2.97. The van der Waals surface area contributed by atoms with Crippen LogP contribution in [0.4, 0.5) is 0 Å². The molecule has 2 aromatic rings. The molecule has 1 aromatic carbocycles. The quantitative estimate of drug-likeness (QED) is 0.931.